The molecular weight excluding hydrogens is 308 g/mol. The molecule has 0 spiro atoms. The summed E-state index contributed by atoms with van der Waals surface area (Å²) in [5.74, 6) is 0.372. The van der Waals surface area contributed by atoms with Crippen molar-refractivity contribution in [3.63, 3.8) is 0 Å². The third-order valence-corrected chi connectivity index (χ3v) is 5.49. The second kappa shape index (κ2) is 7.40. The molecule has 1 atom stereocenters. The van der Waals surface area contributed by atoms with Crippen LogP contribution in [-0.4, -0.2) is 23.5 Å². The van der Waals surface area contributed by atoms with Crippen LogP contribution in [0.2, 0.25) is 0 Å². The van der Waals surface area contributed by atoms with Gasteiger partial charge in [0.1, 0.15) is 0 Å². The van der Waals surface area contributed by atoms with E-state index in [9.17, 15) is 5.11 Å². The number of aliphatic hydroxyl groups is 1. The van der Waals surface area contributed by atoms with Crippen LogP contribution in [0.4, 0.5) is 11.4 Å². The fourth-order valence-corrected chi connectivity index (χ4v) is 4.12. The first kappa shape index (κ1) is 16.3. The molecule has 1 aliphatic carbocycles. The number of anilines is 1. The SMILES string of the molecule is OC(C1=Nc2ccccc2N(Cc2ccccc2)C1)C1CCCCC1. The highest BCUT2D eigenvalue weighted by atomic mass is 16.3. The molecule has 130 valence electrons. The van der Waals surface area contributed by atoms with Gasteiger partial charge in [-0.05, 0) is 36.5 Å². The van der Waals surface area contributed by atoms with Crippen molar-refractivity contribution in [2.24, 2.45) is 10.9 Å². The van der Waals surface area contributed by atoms with Crippen molar-refractivity contribution < 1.29 is 5.11 Å². The summed E-state index contributed by atoms with van der Waals surface area (Å²) < 4.78 is 0. The summed E-state index contributed by atoms with van der Waals surface area (Å²) in [6.07, 6.45) is 5.62. The molecule has 1 unspecified atom stereocenters. The van der Waals surface area contributed by atoms with Gasteiger partial charge in [-0.15, -0.1) is 0 Å². The van der Waals surface area contributed by atoms with Crippen LogP contribution < -0.4 is 4.90 Å². The van der Waals surface area contributed by atoms with Gasteiger partial charge < -0.3 is 10.0 Å². The van der Waals surface area contributed by atoms with Gasteiger partial charge in [0, 0.05) is 6.54 Å². The molecule has 1 aliphatic heterocycles. The van der Waals surface area contributed by atoms with Crippen molar-refractivity contribution in [1.82, 2.24) is 0 Å². The Bertz CT molecular complexity index is 735. The molecule has 1 N–H and O–H groups in total. The molecule has 2 aromatic carbocycles. The van der Waals surface area contributed by atoms with E-state index in [1.807, 2.05) is 12.1 Å². The summed E-state index contributed by atoms with van der Waals surface area (Å²) in [5.41, 5.74) is 4.35. The van der Waals surface area contributed by atoms with E-state index in [0.29, 0.717) is 12.5 Å². The number of nitrogens with zero attached hydrogens (tertiary/aromatic N) is 2. The van der Waals surface area contributed by atoms with Gasteiger partial charge in [-0.2, -0.15) is 0 Å². The number of aliphatic hydroxyl groups excluding tert-OH is 1. The van der Waals surface area contributed by atoms with Crippen LogP contribution >= 0.6 is 0 Å². The van der Waals surface area contributed by atoms with E-state index in [1.165, 1.54) is 24.8 Å². The second-order valence-electron chi connectivity index (χ2n) is 7.28. The lowest BCUT2D eigenvalue weighted by Gasteiger charge is -2.35. The van der Waals surface area contributed by atoms with Crippen molar-refractivity contribution in [1.29, 1.82) is 0 Å². The van der Waals surface area contributed by atoms with Crippen LogP contribution in [0, 0.1) is 5.92 Å². The molecule has 1 fully saturated rings. The highest BCUT2D eigenvalue weighted by Crippen LogP contribution is 2.35. The van der Waals surface area contributed by atoms with Gasteiger partial charge in [0.25, 0.3) is 0 Å². The van der Waals surface area contributed by atoms with E-state index >= 15 is 0 Å². The Kier molecular flexibility index (Phi) is 4.84. The molecule has 0 bridgehead atoms. The molecular formula is C22H26N2O. The van der Waals surface area contributed by atoms with Crippen LogP contribution in [0.3, 0.4) is 0 Å². The molecule has 1 heterocycles. The largest absolute Gasteiger partial charge is 0.387 e. The van der Waals surface area contributed by atoms with Crippen molar-refractivity contribution in [3.05, 3.63) is 60.2 Å². The van der Waals surface area contributed by atoms with Gasteiger partial charge in [0.2, 0.25) is 0 Å². The normalized spacial score (nSPS) is 19.2. The van der Waals surface area contributed by atoms with Crippen molar-refractivity contribution in [2.75, 3.05) is 11.4 Å². The van der Waals surface area contributed by atoms with Gasteiger partial charge in [0.05, 0.1) is 29.7 Å². The summed E-state index contributed by atoms with van der Waals surface area (Å²) >= 11 is 0. The quantitative estimate of drug-likeness (QED) is 0.878. The lowest BCUT2D eigenvalue weighted by molar-refractivity contribution is 0.139. The zero-order valence-electron chi connectivity index (χ0n) is 14.6. The first-order chi connectivity index (χ1) is 12.3. The van der Waals surface area contributed by atoms with Crippen molar-refractivity contribution in [2.45, 2.75) is 44.8 Å². The minimum Gasteiger partial charge on any atom is -0.387 e. The number of para-hydroxylation sites is 2. The van der Waals surface area contributed by atoms with E-state index < -0.39 is 6.10 Å². The molecule has 1 saturated carbocycles. The molecule has 3 nitrogen and oxygen atoms in total. The molecule has 0 saturated heterocycles. The second-order valence-corrected chi connectivity index (χ2v) is 7.28. The number of hydrogen-bond donors (Lipinski definition) is 1. The number of benzene rings is 2. The van der Waals surface area contributed by atoms with E-state index in [4.69, 9.17) is 4.99 Å². The van der Waals surface area contributed by atoms with Crippen molar-refractivity contribution >= 4 is 17.1 Å². The standard InChI is InChI=1S/C22H26N2O/c25-22(18-11-5-2-6-12-18)20-16-24(15-17-9-3-1-4-10-17)21-14-8-7-13-19(21)23-20/h1,3-4,7-10,13-14,18,22,25H,2,5-6,11-12,15-16H2. The number of hydrogen-bond acceptors (Lipinski definition) is 3. The minimum absolute atomic E-state index is 0.372. The summed E-state index contributed by atoms with van der Waals surface area (Å²) in [5, 5.41) is 11.0. The molecule has 0 radical (unpaired) electrons. The fraction of sp³-hybridized carbons (Fsp3) is 0.409. The fourth-order valence-electron chi connectivity index (χ4n) is 4.12. The predicted molar refractivity (Wildman–Crippen MR) is 104 cm³/mol. The molecule has 0 aromatic heterocycles. The maximum absolute atomic E-state index is 11.0. The lowest BCUT2D eigenvalue weighted by Crippen LogP contribution is -2.41. The highest BCUT2D eigenvalue weighted by molar-refractivity contribution is 5.98. The Hall–Kier alpha value is -2.13. The Morgan fingerprint density at radius 1 is 0.960 bits per heavy atom. The third-order valence-electron chi connectivity index (χ3n) is 5.49. The Morgan fingerprint density at radius 3 is 2.48 bits per heavy atom. The van der Waals surface area contributed by atoms with Crippen LogP contribution in [0.5, 0.6) is 0 Å². The van der Waals surface area contributed by atoms with E-state index in [1.54, 1.807) is 0 Å². The number of fused-ring (bicyclic) bond motifs is 1. The van der Waals surface area contributed by atoms with Crippen LogP contribution in [0.1, 0.15) is 37.7 Å². The average Bonchev–Trinajstić information content (AvgIpc) is 2.69. The topological polar surface area (TPSA) is 35.8 Å². The monoisotopic (exact) mass is 334 g/mol. The maximum Gasteiger partial charge on any atom is 0.0967 e. The molecule has 25 heavy (non-hydrogen) atoms. The maximum atomic E-state index is 11.0. The minimum atomic E-state index is -0.410. The number of rotatable bonds is 4. The van der Waals surface area contributed by atoms with Crippen LogP contribution in [0.25, 0.3) is 0 Å². The van der Waals surface area contributed by atoms with Crippen molar-refractivity contribution in [3.8, 4) is 0 Å². The molecule has 4 rings (SSSR count). The van der Waals surface area contributed by atoms with E-state index in [0.717, 1.165) is 36.5 Å². The van der Waals surface area contributed by atoms with Gasteiger partial charge in [-0.1, -0.05) is 61.7 Å². The van der Waals surface area contributed by atoms with Crippen LogP contribution in [0.15, 0.2) is 59.6 Å². The summed E-state index contributed by atoms with van der Waals surface area (Å²) in [7, 11) is 0. The lowest BCUT2D eigenvalue weighted by atomic mass is 9.83. The summed E-state index contributed by atoms with van der Waals surface area (Å²) in [4.78, 5) is 7.18. The molecule has 2 aromatic rings. The van der Waals surface area contributed by atoms with Gasteiger partial charge in [0.15, 0.2) is 0 Å². The Morgan fingerprint density at radius 2 is 1.68 bits per heavy atom. The smallest absolute Gasteiger partial charge is 0.0967 e. The van der Waals surface area contributed by atoms with Gasteiger partial charge >= 0.3 is 0 Å². The van der Waals surface area contributed by atoms with Gasteiger partial charge in [-0.3, -0.25) is 4.99 Å². The Balaban J connectivity index is 1.60. The molecule has 0 amide bonds. The summed E-state index contributed by atoms with van der Waals surface area (Å²) in [6.45, 7) is 1.55. The van der Waals surface area contributed by atoms with Crippen LogP contribution in [-0.2, 0) is 6.54 Å². The zero-order chi connectivity index (χ0) is 17.1. The van der Waals surface area contributed by atoms with E-state index in [2.05, 4.69) is 47.4 Å². The first-order valence-electron chi connectivity index (χ1n) is 9.45. The number of aliphatic imine (C=N–C) groups is 1. The molecule has 2 aliphatic rings. The van der Waals surface area contributed by atoms with E-state index in [-0.39, 0.29) is 0 Å². The first-order valence-corrected chi connectivity index (χ1v) is 9.45. The Labute approximate surface area is 150 Å². The molecule has 3 heteroatoms. The van der Waals surface area contributed by atoms with Gasteiger partial charge in [-0.25, -0.2) is 0 Å². The third kappa shape index (κ3) is 3.62. The average molecular weight is 334 g/mol. The zero-order valence-corrected chi connectivity index (χ0v) is 14.6. The summed E-state index contributed by atoms with van der Waals surface area (Å²) in [6, 6.07) is 18.8. The highest BCUT2D eigenvalue weighted by Gasteiger charge is 2.29. The predicted octanol–water partition coefficient (Wildman–Crippen LogP) is 4.72.